The number of hydrogen-bond acceptors (Lipinski definition) is 4. The van der Waals surface area contributed by atoms with Crippen LogP contribution in [0, 0.1) is 18.3 Å². The lowest BCUT2D eigenvalue weighted by atomic mass is 10.1. The Hall–Kier alpha value is -1.96. The Morgan fingerprint density at radius 2 is 2.24 bits per heavy atom. The molecule has 0 spiro atoms. The molecule has 0 bridgehead atoms. The molecule has 1 atom stereocenters. The molecule has 0 fully saturated rings. The van der Waals surface area contributed by atoms with E-state index in [0.29, 0.717) is 23.4 Å². The molecule has 1 amide bonds. The molecule has 1 aromatic heterocycles. The standard InChI is InChI=1S/C12H16N4O/c1-5-11-10(6-8(2)14-15-11)12(17)16(4)9(3)7-13/h6,9H,5H2,1-4H3. The van der Waals surface area contributed by atoms with Crippen molar-refractivity contribution in [2.24, 2.45) is 0 Å². The van der Waals surface area contributed by atoms with Crippen LogP contribution in [0.15, 0.2) is 6.07 Å². The second-order valence-corrected chi connectivity index (χ2v) is 3.92. The highest BCUT2D eigenvalue weighted by Gasteiger charge is 2.20. The van der Waals surface area contributed by atoms with Crippen LogP contribution in [0.25, 0.3) is 0 Å². The van der Waals surface area contributed by atoms with Crippen molar-refractivity contribution in [3.8, 4) is 6.07 Å². The summed E-state index contributed by atoms with van der Waals surface area (Å²) >= 11 is 0. The van der Waals surface area contributed by atoms with Crippen LogP contribution < -0.4 is 0 Å². The SMILES string of the molecule is CCc1nnc(C)cc1C(=O)N(C)C(C)C#N. The van der Waals surface area contributed by atoms with Crippen LogP contribution in [0.1, 0.15) is 35.6 Å². The Labute approximate surface area is 101 Å². The summed E-state index contributed by atoms with van der Waals surface area (Å²) in [6.45, 7) is 5.39. The van der Waals surface area contributed by atoms with Gasteiger partial charge in [-0.2, -0.15) is 15.5 Å². The molecule has 1 rings (SSSR count). The molecule has 0 N–H and O–H groups in total. The van der Waals surface area contributed by atoms with Crippen molar-refractivity contribution in [3.63, 3.8) is 0 Å². The molecule has 0 aliphatic heterocycles. The molecule has 0 saturated heterocycles. The minimum absolute atomic E-state index is 0.186. The number of carbonyl (C=O) groups is 1. The number of carbonyl (C=O) groups excluding carboxylic acids is 1. The number of nitriles is 1. The zero-order valence-electron chi connectivity index (χ0n) is 10.6. The van der Waals surface area contributed by atoms with Gasteiger partial charge in [0.1, 0.15) is 6.04 Å². The van der Waals surface area contributed by atoms with Gasteiger partial charge in [0, 0.05) is 7.05 Å². The summed E-state index contributed by atoms with van der Waals surface area (Å²) in [5, 5.41) is 16.7. The van der Waals surface area contributed by atoms with Gasteiger partial charge < -0.3 is 4.90 Å². The zero-order chi connectivity index (χ0) is 13.0. The van der Waals surface area contributed by atoms with Gasteiger partial charge in [0.2, 0.25) is 0 Å². The molecule has 1 aromatic rings. The maximum absolute atomic E-state index is 12.2. The van der Waals surface area contributed by atoms with Crippen molar-refractivity contribution >= 4 is 5.91 Å². The fourth-order valence-electron chi connectivity index (χ4n) is 1.41. The first-order valence-corrected chi connectivity index (χ1v) is 5.51. The summed E-state index contributed by atoms with van der Waals surface area (Å²) in [5.74, 6) is -0.186. The Bertz CT molecular complexity index is 464. The van der Waals surface area contributed by atoms with Crippen molar-refractivity contribution in [2.75, 3.05) is 7.05 Å². The highest BCUT2D eigenvalue weighted by molar-refractivity contribution is 5.95. The van der Waals surface area contributed by atoms with E-state index < -0.39 is 6.04 Å². The molecular formula is C12H16N4O. The Kier molecular flexibility index (Phi) is 4.16. The van der Waals surface area contributed by atoms with Crippen LogP contribution in [0.3, 0.4) is 0 Å². The molecule has 0 aliphatic rings. The average Bonchev–Trinajstić information content (AvgIpc) is 2.35. The van der Waals surface area contributed by atoms with Crippen LogP contribution in [-0.4, -0.2) is 34.1 Å². The van der Waals surface area contributed by atoms with Gasteiger partial charge >= 0.3 is 0 Å². The summed E-state index contributed by atoms with van der Waals surface area (Å²) in [6, 6.07) is 3.30. The molecular weight excluding hydrogens is 216 g/mol. The molecule has 0 aromatic carbocycles. The molecule has 17 heavy (non-hydrogen) atoms. The van der Waals surface area contributed by atoms with E-state index in [1.165, 1.54) is 4.90 Å². The predicted molar refractivity (Wildman–Crippen MR) is 63.3 cm³/mol. The number of nitrogens with zero attached hydrogens (tertiary/aromatic N) is 4. The topological polar surface area (TPSA) is 69.9 Å². The van der Waals surface area contributed by atoms with Gasteiger partial charge in [0.05, 0.1) is 23.0 Å². The molecule has 1 heterocycles. The highest BCUT2D eigenvalue weighted by atomic mass is 16.2. The molecule has 1 unspecified atom stereocenters. The van der Waals surface area contributed by atoms with Crippen molar-refractivity contribution in [1.82, 2.24) is 15.1 Å². The van der Waals surface area contributed by atoms with E-state index in [1.54, 1.807) is 27.0 Å². The smallest absolute Gasteiger partial charge is 0.256 e. The number of rotatable bonds is 3. The lowest BCUT2D eigenvalue weighted by Crippen LogP contribution is -2.34. The summed E-state index contributed by atoms with van der Waals surface area (Å²) in [7, 11) is 1.62. The third-order valence-corrected chi connectivity index (χ3v) is 2.65. The van der Waals surface area contributed by atoms with E-state index in [-0.39, 0.29) is 5.91 Å². The summed E-state index contributed by atoms with van der Waals surface area (Å²) in [6.07, 6.45) is 0.642. The molecule has 0 saturated carbocycles. The van der Waals surface area contributed by atoms with E-state index in [0.717, 1.165) is 0 Å². The van der Waals surface area contributed by atoms with Gasteiger partial charge in [0.25, 0.3) is 5.91 Å². The summed E-state index contributed by atoms with van der Waals surface area (Å²) in [4.78, 5) is 13.6. The molecule has 90 valence electrons. The lowest BCUT2D eigenvalue weighted by molar-refractivity contribution is 0.0771. The molecule has 5 heteroatoms. The van der Waals surface area contributed by atoms with E-state index in [9.17, 15) is 4.79 Å². The third kappa shape index (κ3) is 2.78. The normalized spacial score (nSPS) is 11.7. The second-order valence-electron chi connectivity index (χ2n) is 3.92. The molecule has 0 radical (unpaired) electrons. The van der Waals surface area contributed by atoms with Gasteiger partial charge in [-0.3, -0.25) is 4.79 Å². The summed E-state index contributed by atoms with van der Waals surface area (Å²) < 4.78 is 0. The fourth-order valence-corrected chi connectivity index (χ4v) is 1.41. The van der Waals surface area contributed by atoms with Crippen molar-refractivity contribution in [1.29, 1.82) is 5.26 Å². The van der Waals surface area contributed by atoms with Crippen molar-refractivity contribution in [3.05, 3.63) is 23.0 Å². The first-order chi connectivity index (χ1) is 8.01. The first-order valence-electron chi connectivity index (χ1n) is 5.51. The van der Waals surface area contributed by atoms with Gasteiger partial charge in [-0.1, -0.05) is 6.92 Å². The first kappa shape index (κ1) is 13.1. The monoisotopic (exact) mass is 232 g/mol. The lowest BCUT2D eigenvalue weighted by Gasteiger charge is -2.20. The van der Waals surface area contributed by atoms with E-state index in [2.05, 4.69) is 10.2 Å². The Morgan fingerprint density at radius 1 is 1.59 bits per heavy atom. The van der Waals surface area contributed by atoms with E-state index >= 15 is 0 Å². The van der Waals surface area contributed by atoms with Crippen LogP contribution in [0.4, 0.5) is 0 Å². The number of aryl methyl sites for hydroxylation is 2. The minimum atomic E-state index is -0.458. The third-order valence-electron chi connectivity index (χ3n) is 2.65. The second kappa shape index (κ2) is 5.39. The minimum Gasteiger partial charge on any atom is -0.326 e. The van der Waals surface area contributed by atoms with Gasteiger partial charge in [-0.15, -0.1) is 0 Å². The fraction of sp³-hybridized carbons (Fsp3) is 0.500. The van der Waals surface area contributed by atoms with Gasteiger partial charge in [-0.25, -0.2) is 0 Å². The quantitative estimate of drug-likeness (QED) is 0.788. The number of aromatic nitrogens is 2. The average molecular weight is 232 g/mol. The van der Waals surface area contributed by atoms with Crippen molar-refractivity contribution < 1.29 is 4.79 Å². The van der Waals surface area contributed by atoms with Crippen LogP contribution in [0.5, 0.6) is 0 Å². The number of amides is 1. The maximum atomic E-state index is 12.2. The molecule has 5 nitrogen and oxygen atoms in total. The zero-order valence-corrected chi connectivity index (χ0v) is 10.6. The van der Waals surface area contributed by atoms with Gasteiger partial charge in [-0.05, 0) is 26.3 Å². The largest absolute Gasteiger partial charge is 0.326 e. The van der Waals surface area contributed by atoms with Crippen molar-refractivity contribution in [2.45, 2.75) is 33.2 Å². The highest BCUT2D eigenvalue weighted by Crippen LogP contribution is 2.11. The van der Waals surface area contributed by atoms with E-state index in [4.69, 9.17) is 5.26 Å². The molecule has 0 aliphatic carbocycles. The van der Waals surface area contributed by atoms with Crippen LogP contribution >= 0.6 is 0 Å². The Balaban J connectivity index is 3.12. The predicted octanol–water partition coefficient (Wildman–Crippen LogP) is 1.33. The maximum Gasteiger partial charge on any atom is 0.256 e. The van der Waals surface area contributed by atoms with Gasteiger partial charge in [0.15, 0.2) is 0 Å². The van der Waals surface area contributed by atoms with Crippen LogP contribution in [0.2, 0.25) is 0 Å². The van der Waals surface area contributed by atoms with Crippen LogP contribution in [-0.2, 0) is 6.42 Å². The van der Waals surface area contributed by atoms with E-state index in [1.807, 2.05) is 13.0 Å². The number of hydrogen-bond donors (Lipinski definition) is 0. The Morgan fingerprint density at radius 3 is 2.76 bits per heavy atom. The summed E-state index contributed by atoms with van der Waals surface area (Å²) in [5.41, 5.74) is 1.89.